The molecule has 40 heavy (non-hydrogen) atoms. The number of amides is 2. The summed E-state index contributed by atoms with van der Waals surface area (Å²) in [6, 6.07) is 13.9. The van der Waals surface area contributed by atoms with Gasteiger partial charge < -0.3 is 10.6 Å². The van der Waals surface area contributed by atoms with Crippen LogP contribution in [0.15, 0.2) is 48.5 Å². The minimum absolute atomic E-state index is 0.00298. The summed E-state index contributed by atoms with van der Waals surface area (Å²) in [5.74, 6) is -0.0456. The van der Waals surface area contributed by atoms with Crippen LogP contribution < -0.4 is 10.6 Å². The molecular weight excluding hydrogens is 550 g/mol. The van der Waals surface area contributed by atoms with Crippen molar-refractivity contribution in [1.82, 2.24) is 20.4 Å². The number of aromatic nitrogens is 4. The first kappa shape index (κ1) is 27.5. The maximum absolute atomic E-state index is 12.5. The lowest BCUT2D eigenvalue weighted by Gasteiger charge is -2.25. The Morgan fingerprint density at radius 3 is 1.98 bits per heavy atom. The van der Waals surface area contributed by atoms with Gasteiger partial charge in [-0.1, -0.05) is 71.1 Å². The van der Waals surface area contributed by atoms with Gasteiger partial charge in [-0.15, -0.1) is 20.4 Å². The Bertz CT molecular complexity index is 1540. The van der Waals surface area contributed by atoms with E-state index >= 15 is 0 Å². The molecule has 0 saturated heterocycles. The monoisotopic (exact) mass is 577 g/mol. The number of aryl methyl sites for hydroxylation is 1. The van der Waals surface area contributed by atoms with Gasteiger partial charge in [0, 0.05) is 24.0 Å². The van der Waals surface area contributed by atoms with E-state index in [0.717, 1.165) is 46.8 Å². The molecule has 11 nitrogen and oxygen atoms in total. The van der Waals surface area contributed by atoms with E-state index in [1.165, 1.54) is 34.8 Å². The van der Waals surface area contributed by atoms with Gasteiger partial charge >= 0.3 is 0 Å². The van der Waals surface area contributed by atoms with E-state index in [1.807, 2.05) is 31.2 Å². The fraction of sp³-hybridized carbons (Fsp3) is 0.333. The van der Waals surface area contributed by atoms with Crippen molar-refractivity contribution in [2.75, 3.05) is 10.6 Å². The van der Waals surface area contributed by atoms with Gasteiger partial charge in [0.1, 0.15) is 10.0 Å². The van der Waals surface area contributed by atoms with Gasteiger partial charge in [-0.3, -0.25) is 19.7 Å². The van der Waals surface area contributed by atoms with Crippen LogP contribution in [0, 0.1) is 17.0 Å². The van der Waals surface area contributed by atoms with Crippen LogP contribution in [0.5, 0.6) is 0 Å². The van der Waals surface area contributed by atoms with Gasteiger partial charge in [-0.05, 0) is 37.3 Å². The number of rotatable bonds is 9. The summed E-state index contributed by atoms with van der Waals surface area (Å²) >= 11 is 2.76. The Hall–Kier alpha value is -4.10. The van der Waals surface area contributed by atoms with Crippen molar-refractivity contribution in [3.63, 3.8) is 0 Å². The first-order chi connectivity index (χ1) is 19.3. The predicted octanol–water partition coefficient (Wildman–Crippen LogP) is 5.41. The molecule has 2 N–H and O–H groups in total. The molecule has 2 heterocycles. The molecule has 2 aromatic carbocycles. The number of nitro benzene ring substituents is 1. The molecular formula is C27H27N7O4S2. The van der Waals surface area contributed by atoms with Crippen molar-refractivity contribution in [3.8, 4) is 0 Å². The summed E-state index contributed by atoms with van der Waals surface area (Å²) in [5, 5.41) is 36.3. The molecule has 2 amide bonds. The number of benzene rings is 2. The van der Waals surface area contributed by atoms with Crippen LogP contribution in [0.1, 0.15) is 64.2 Å². The lowest BCUT2D eigenvalue weighted by molar-refractivity contribution is -0.384. The summed E-state index contributed by atoms with van der Waals surface area (Å²) in [4.78, 5) is 35.5. The maximum atomic E-state index is 12.5. The Balaban J connectivity index is 1.15. The fourth-order valence-electron chi connectivity index (χ4n) is 4.84. The van der Waals surface area contributed by atoms with Crippen LogP contribution in [-0.2, 0) is 22.4 Å². The Morgan fingerprint density at radius 2 is 1.43 bits per heavy atom. The van der Waals surface area contributed by atoms with E-state index < -0.39 is 4.92 Å². The minimum atomic E-state index is -0.485. The molecule has 0 spiro atoms. The normalized spacial score (nSPS) is 16.8. The lowest BCUT2D eigenvalue weighted by Crippen LogP contribution is -2.14. The highest BCUT2D eigenvalue weighted by Crippen LogP contribution is 2.43. The molecule has 0 radical (unpaired) electrons. The van der Waals surface area contributed by atoms with Crippen molar-refractivity contribution in [1.29, 1.82) is 0 Å². The average Bonchev–Trinajstić information content (AvgIpc) is 3.59. The second-order valence-corrected chi connectivity index (χ2v) is 11.8. The Morgan fingerprint density at radius 1 is 0.875 bits per heavy atom. The molecule has 2 aromatic heterocycles. The molecule has 1 aliphatic rings. The van der Waals surface area contributed by atoms with Crippen LogP contribution in [0.4, 0.5) is 16.0 Å². The number of carbonyl (C=O) groups is 2. The summed E-state index contributed by atoms with van der Waals surface area (Å²) < 4.78 is 0. The second-order valence-electron chi connectivity index (χ2n) is 9.82. The molecule has 1 fully saturated rings. The number of anilines is 2. The first-order valence-corrected chi connectivity index (χ1v) is 14.5. The highest BCUT2D eigenvalue weighted by molar-refractivity contribution is 7.15. The largest absolute Gasteiger partial charge is 0.300 e. The molecule has 4 aromatic rings. The SMILES string of the molecule is Cc1cccc(CC(=O)Nc2nnc([C@@H]3CCC[C@@H](c4nnc(NC(=O)Cc5cccc([N+](=O)[O-])c5)s4)C3)s2)c1. The maximum Gasteiger partial charge on any atom is 0.269 e. The van der Waals surface area contributed by atoms with Gasteiger partial charge in [-0.2, -0.15) is 0 Å². The van der Waals surface area contributed by atoms with Crippen molar-refractivity contribution < 1.29 is 14.5 Å². The predicted molar refractivity (Wildman–Crippen MR) is 153 cm³/mol. The molecule has 0 aliphatic heterocycles. The third-order valence-electron chi connectivity index (χ3n) is 6.68. The van der Waals surface area contributed by atoms with Crippen molar-refractivity contribution in [2.45, 2.75) is 57.3 Å². The van der Waals surface area contributed by atoms with E-state index in [2.05, 4.69) is 31.0 Å². The zero-order chi connectivity index (χ0) is 28.1. The number of non-ortho nitro benzene ring substituents is 1. The number of nitrogens with zero attached hydrogens (tertiary/aromatic N) is 5. The summed E-state index contributed by atoms with van der Waals surface area (Å²) in [6.45, 7) is 2.00. The van der Waals surface area contributed by atoms with Gasteiger partial charge in [0.05, 0.1) is 17.8 Å². The van der Waals surface area contributed by atoms with E-state index in [1.54, 1.807) is 12.1 Å². The molecule has 0 unspecified atom stereocenters. The van der Waals surface area contributed by atoms with Crippen LogP contribution in [-0.4, -0.2) is 37.1 Å². The first-order valence-electron chi connectivity index (χ1n) is 12.9. The van der Waals surface area contributed by atoms with Crippen molar-refractivity contribution >= 4 is 50.4 Å². The third kappa shape index (κ3) is 7.10. The molecule has 1 aliphatic carbocycles. The summed E-state index contributed by atoms with van der Waals surface area (Å²) in [5.41, 5.74) is 2.56. The molecule has 0 bridgehead atoms. The fourth-order valence-corrected chi connectivity index (χ4v) is 6.65. The zero-order valence-corrected chi connectivity index (χ0v) is 23.3. The smallest absolute Gasteiger partial charge is 0.269 e. The van der Waals surface area contributed by atoms with Crippen LogP contribution in [0.3, 0.4) is 0 Å². The lowest BCUT2D eigenvalue weighted by atomic mass is 9.82. The van der Waals surface area contributed by atoms with Gasteiger partial charge in [0.2, 0.25) is 22.1 Å². The molecule has 1 saturated carbocycles. The van der Waals surface area contributed by atoms with Crippen LogP contribution in [0.2, 0.25) is 0 Å². The summed E-state index contributed by atoms with van der Waals surface area (Å²) in [7, 11) is 0. The molecule has 13 heteroatoms. The quantitative estimate of drug-likeness (QED) is 0.198. The van der Waals surface area contributed by atoms with E-state index in [4.69, 9.17) is 0 Å². The Labute approximate surface area is 238 Å². The van der Waals surface area contributed by atoms with E-state index in [-0.39, 0.29) is 42.2 Å². The Kier molecular flexibility index (Phi) is 8.51. The van der Waals surface area contributed by atoms with Crippen molar-refractivity contribution in [2.24, 2.45) is 0 Å². The number of carbonyl (C=O) groups excluding carboxylic acids is 2. The molecule has 5 rings (SSSR count). The third-order valence-corrected chi connectivity index (χ3v) is 8.68. The number of nitrogens with one attached hydrogen (secondary N) is 2. The van der Waals surface area contributed by atoms with Gasteiger partial charge in [0.25, 0.3) is 5.69 Å². The minimum Gasteiger partial charge on any atom is -0.300 e. The number of hydrogen-bond acceptors (Lipinski definition) is 10. The molecule has 2 atom stereocenters. The number of nitro groups is 1. The van der Waals surface area contributed by atoms with Gasteiger partial charge in [-0.25, -0.2) is 0 Å². The van der Waals surface area contributed by atoms with E-state index in [9.17, 15) is 19.7 Å². The van der Waals surface area contributed by atoms with Crippen molar-refractivity contribution in [3.05, 3.63) is 85.4 Å². The molecule has 206 valence electrons. The standard InChI is InChI=1S/C27H27N7O4S2/c1-16-5-2-6-17(11-16)13-22(35)28-26-32-30-24(39-26)19-8-4-9-20(15-19)25-31-33-27(40-25)29-23(36)14-18-7-3-10-21(12-18)34(37)38/h2-3,5-7,10-12,19-20H,4,8-9,13-15H2,1H3,(H,28,32,35)(H,29,33,36)/t19-,20-/m1/s1. The zero-order valence-electron chi connectivity index (χ0n) is 21.7. The second kappa shape index (κ2) is 12.4. The summed E-state index contributed by atoms with van der Waals surface area (Å²) in [6.07, 6.45) is 4.06. The number of hydrogen-bond donors (Lipinski definition) is 2. The van der Waals surface area contributed by atoms with E-state index in [0.29, 0.717) is 15.8 Å². The highest BCUT2D eigenvalue weighted by Gasteiger charge is 2.29. The average molecular weight is 578 g/mol. The topological polar surface area (TPSA) is 153 Å². The van der Waals surface area contributed by atoms with Crippen LogP contribution >= 0.6 is 22.7 Å². The van der Waals surface area contributed by atoms with Crippen LogP contribution in [0.25, 0.3) is 0 Å². The highest BCUT2D eigenvalue weighted by atomic mass is 32.1. The van der Waals surface area contributed by atoms with Gasteiger partial charge in [0.15, 0.2) is 0 Å².